The van der Waals surface area contributed by atoms with Crippen molar-refractivity contribution in [1.29, 1.82) is 0 Å². The van der Waals surface area contributed by atoms with Gasteiger partial charge in [-0.3, -0.25) is 9.59 Å². The van der Waals surface area contributed by atoms with Crippen molar-refractivity contribution in [2.75, 3.05) is 6.54 Å². The van der Waals surface area contributed by atoms with Gasteiger partial charge in [-0.25, -0.2) is 4.98 Å². The van der Waals surface area contributed by atoms with Crippen LogP contribution < -0.4 is 5.32 Å². The van der Waals surface area contributed by atoms with Crippen LogP contribution in [0.25, 0.3) is 10.9 Å². The lowest BCUT2D eigenvalue weighted by Gasteiger charge is -2.09. The molecular formula is C15H16N2O4. The van der Waals surface area contributed by atoms with Gasteiger partial charge < -0.3 is 15.5 Å². The molecule has 3 N–H and O–H groups in total. The number of carbonyl (C=O) groups is 2. The highest BCUT2D eigenvalue weighted by molar-refractivity contribution is 5.99. The van der Waals surface area contributed by atoms with Crippen molar-refractivity contribution in [3.63, 3.8) is 0 Å². The normalized spacial score (nSPS) is 10.8. The van der Waals surface area contributed by atoms with Crippen LogP contribution in [0.1, 0.15) is 35.8 Å². The molecule has 2 aromatic rings. The van der Waals surface area contributed by atoms with Gasteiger partial charge in [0.2, 0.25) is 0 Å². The summed E-state index contributed by atoms with van der Waals surface area (Å²) in [5, 5.41) is 21.3. The van der Waals surface area contributed by atoms with E-state index in [4.69, 9.17) is 5.11 Å². The zero-order valence-corrected chi connectivity index (χ0v) is 11.8. The van der Waals surface area contributed by atoms with Crippen molar-refractivity contribution in [3.8, 4) is 5.75 Å². The van der Waals surface area contributed by atoms with E-state index in [2.05, 4.69) is 24.1 Å². The molecule has 0 bridgehead atoms. The third-order valence-corrected chi connectivity index (χ3v) is 3.10. The molecule has 0 aliphatic rings. The Hall–Kier alpha value is -2.63. The van der Waals surface area contributed by atoms with Gasteiger partial charge in [-0.05, 0) is 29.7 Å². The largest absolute Gasteiger partial charge is 0.505 e. The fourth-order valence-electron chi connectivity index (χ4n) is 1.95. The summed E-state index contributed by atoms with van der Waals surface area (Å²) in [6, 6.07) is 7.06. The van der Waals surface area contributed by atoms with Gasteiger partial charge in [0.05, 0.1) is 5.52 Å². The number of hydrogen-bond donors (Lipinski definition) is 3. The standard InChI is InChI=1S/C15H16N2O4/c1-8(2)9-3-4-11-10(5-9)6-12(18)14(17-11)15(21)16-7-13(19)20/h3-6,8,18H,7H2,1-2H3,(H,16,21)(H,19,20). The molecule has 0 unspecified atom stereocenters. The molecule has 0 radical (unpaired) electrons. The molecule has 1 amide bonds. The highest BCUT2D eigenvalue weighted by Gasteiger charge is 2.15. The molecule has 110 valence electrons. The van der Waals surface area contributed by atoms with Crippen LogP contribution in [0.5, 0.6) is 5.75 Å². The second kappa shape index (κ2) is 5.78. The Balaban J connectivity index is 2.39. The first-order valence-electron chi connectivity index (χ1n) is 6.52. The Morgan fingerprint density at radius 1 is 1.29 bits per heavy atom. The minimum Gasteiger partial charge on any atom is -0.505 e. The summed E-state index contributed by atoms with van der Waals surface area (Å²) in [5.41, 5.74) is 1.49. The van der Waals surface area contributed by atoms with Gasteiger partial charge in [0.25, 0.3) is 5.91 Å². The van der Waals surface area contributed by atoms with Gasteiger partial charge in [0, 0.05) is 5.39 Å². The molecule has 1 aromatic carbocycles. The average molecular weight is 288 g/mol. The van der Waals surface area contributed by atoms with Crippen LogP contribution in [0.3, 0.4) is 0 Å². The number of aromatic hydroxyl groups is 1. The van der Waals surface area contributed by atoms with E-state index in [9.17, 15) is 14.7 Å². The van der Waals surface area contributed by atoms with Gasteiger partial charge >= 0.3 is 5.97 Å². The van der Waals surface area contributed by atoms with E-state index in [1.165, 1.54) is 6.07 Å². The molecule has 0 saturated heterocycles. The summed E-state index contributed by atoms with van der Waals surface area (Å²) in [6.07, 6.45) is 0. The number of nitrogens with one attached hydrogen (secondary N) is 1. The minimum absolute atomic E-state index is 0.180. The number of rotatable bonds is 4. The fraction of sp³-hybridized carbons (Fsp3) is 0.267. The number of benzene rings is 1. The summed E-state index contributed by atoms with van der Waals surface area (Å²) in [6.45, 7) is 3.59. The van der Waals surface area contributed by atoms with Gasteiger partial charge in [0.1, 0.15) is 12.3 Å². The molecule has 6 nitrogen and oxygen atoms in total. The number of carboxylic acid groups (broad SMARTS) is 1. The molecule has 0 aliphatic carbocycles. The lowest BCUT2D eigenvalue weighted by molar-refractivity contribution is -0.135. The predicted octanol–water partition coefficient (Wildman–Crippen LogP) is 1.88. The van der Waals surface area contributed by atoms with E-state index in [1.54, 1.807) is 6.07 Å². The number of aromatic nitrogens is 1. The topological polar surface area (TPSA) is 99.5 Å². The van der Waals surface area contributed by atoms with Crippen molar-refractivity contribution in [2.45, 2.75) is 19.8 Å². The lowest BCUT2D eigenvalue weighted by Crippen LogP contribution is -2.29. The first-order chi connectivity index (χ1) is 9.88. The molecule has 0 spiro atoms. The number of nitrogens with zero attached hydrogens (tertiary/aromatic N) is 1. The quantitative estimate of drug-likeness (QED) is 0.797. The Bertz CT molecular complexity index is 710. The van der Waals surface area contributed by atoms with Crippen LogP contribution in [0.2, 0.25) is 0 Å². The van der Waals surface area contributed by atoms with E-state index in [0.717, 1.165) is 10.9 Å². The van der Waals surface area contributed by atoms with E-state index in [1.807, 2.05) is 12.1 Å². The van der Waals surface area contributed by atoms with Crippen LogP contribution >= 0.6 is 0 Å². The number of aliphatic carboxylic acids is 1. The number of pyridine rings is 1. The fourth-order valence-corrected chi connectivity index (χ4v) is 1.95. The maximum Gasteiger partial charge on any atom is 0.322 e. The second-order valence-electron chi connectivity index (χ2n) is 5.04. The first-order valence-corrected chi connectivity index (χ1v) is 6.52. The summed E-state index contributed by atoms with van der Waals surface area (Å²) in [5.74, 6) is -1.81. The zero-order chi connectivity index (χ0) is 15.6. The third-order valence-electron chi connectivity index (χ3n) is 3.10. The molecule has 1 heterocycles. The summed E-state index contributed by atoms with van der Waals surface area (Å²) >= 11 is 0. The van der Waals surface area contributed by atoms with Crippen LogP contribution in [0.15, 0.2) is 24.3 Å². The van der Waals surface area contributed by atoms with Crippen LogP contribution in [-0.4, -0.2) is 33.6 Å². The SMILES string of the molecule is CC(C)c1ccc2nc(C(=O)NCC(=O)O)c(O)cc2c1. The van der Waals surface area contributed by atoms with Gasteiger partial charge in [-0.15, -0.1) is 0 Å². The first kappa shape index (κ1) is 14.8. The van der Waals surface area contributed by atoms with Crippen molar-refractivity contribution in [3.05, 3.63) is 35.5 Å². The Labute approximate surface area is 121 Å². The molecule has 0 saturated carbocycles. The van der Waals surface area contributed by atoms with E-state index >= 15 is 0 Å². The summed E-state index contributed by atoms with van der Waals surface area (Å²) in [4.78, 5) is 26.3. The van der Waals surface area contributed by atoms with Crippen LogP contribution in [0.4, 0.5) is 0 Å². The summed E-state index contributed by atoms with van der Waals surface area (Å²) < 4.78 is 0. The number of carbonyl (C=O) groups excluding carboxylic acids is 1. The number of amides is 1. The molecule has 21 heavy (non-hydrogen) atoms. The number of carboxylic acids is 1. The van der Waals surface area contributed by atoms with Crippen molar-refractivity contribution >= 4 is 22.8 Å². The van der Waals surface area contributed by atoms with E-state index < -0.39 is 18.4 Å². The summed E-state index contributed by atoms with van der Waals surface area (Å²) in [7, 11) is 0. The van der Waals surface area contributed by atoms with Crippen molar-refractivity contribution in [1.82, 2.24) is 10.3 Å². The Kier molecular flexibility index (Phi) is 4.07. The highest BCUT2D eigenvalue weighted by atomic mass is 16.4. The van der Waals surface area contributed by atoms with Gasteiger partial charge in [-0.1, -0.05) is 19.9 Å². The molecule has 0 fully saturated rings. The lowest BCUT2D eigenvalue weighted by atomic mass is 10.0. The average Bonchev–Trinajstić information content (AvgIpc) is 2.43. The maximum absolute atomic E-state index is 11.8. The Morgan fingerprint density at radius 3 is 2.62 bits per heavy atom. The number of fused-ring (bicyclic) bond motifs is 1. The smallest absolute Gasteiger partial charge is 0.322 e. The second-order valence-corrected chi connectivity index (χ2v) is 5.04. The number of hydrogen-bond acceptors (Lipinski definition) is 4. The molecule has 1 aromatic heterocycles. The highest BCUT2D eigenvalue weighted by Crippen LogP contribution is 2.25. The molecule has 0 aliphatic heterocycles. The van der Waals surface area contributed by atoms with Crippen LogP contribution in [-0.2, 0) is 4.79 Å². The Morgan fingerprint density at radius 2 is 2.00 bits per heavy atom. The molecule has 6 heteroatoms. The third kappa shape index (κ3) is 3.28. The van der Waals surface area contributed by atoms with Crippen LogP contribution in [0, 0.1) is 0 Å². The molecule has 2 rings (SSSR count). The minimum atomic E-state index is -1.16. The van der Waals surface area contributed by atoms with Gasteiger partial charge in [0.15, 0.2) is 5.69 Å². The maximum atomic E-state index is 11.8. The monoisotopic (exact) mass is 288 g/mol. The predicted molar refractivity (Wildman–Crippen MR) is 77.5 cm³/mol. The molecular weight excluding hydrogens is 272 g/mol. The zero-order valence-electron chi connectivity index (χ0n) is 11.8. The van der Waals surface area contributed by atoms with Gasteiger partial charge in [-0.2, -0.15) is 0 Å². The molecule has 0 atom stereocenters. The van der Waals surface area contributed by atoms with Crippen molar-refractivity contribution in [2.24, 2.45) is 0 Å². The van der Waals surface area contributed by atoms with E-state index in [-0.39, 0.29) is 11.4 Å². The van der Waals surface area contributed by atoms with Crippen molar-refractivity contribution < 1.29 is 19.8 Å². The van der Waals surface area contributed by atoms with E-state index in [0.29, 0.717) is 11.4 Å².